The standard InChI is InChI=1S/C10H17NO6/c1-15-9(14)11-5-4-7(8(12)13)10(6-11,16-2)17-3/h7H,4-6H2,1-3H3,(H,12,13)/t7-/m1/s1. The number of hydrogen-bond acceptors (Lipinski definition) is 5. The third-order valence-corrected chi connectivity index (χ3v) is 3.05. The Morgan fingerprint density at radius 1 is 1.29 bits per heavy atom. The molecule has 98 valence electrons. The van der Waals surface area contributed by atoms with Gasteiger partial charge in [-0.2, -0.15) is 0 Å². The van der Waals surface area contributed by atoms with Gasteiger partial charge in [0.25, 0.3) is 0 Å². The first-order valence-corrected chi connectivity index (χ1v) is 5.16. The monoisotopic (exact) mass is 247 g/mol. The number of amides is 1. The Hall–Kier alpha value is -1.34. The Bertz CT molecular complexity index is 301. The number of piperidine rings is 1. The third-order valence-electron chi connectivity index (χ3n) is 3.05. The molecule has 0 spiro atoms. The molecule has 0 unspecified atom stereocenters. The van der Waals surface area contributed by atoms with Crippen molar-refractivity contribution in [1.82, 2.24) is 4.90 Å². The van der Waals surface area contributed by atoms with Crippen LogP contribution in [0.4, 0.5) is 4.79 Å². The van der Waals surface area contributed by atoms with Gasteiger partial charge in [0.15, 0.2) is 5.79 Å². The molecule has 1 amide bonds. The van der Waals surface area contributed by atoms with Crippen molar-refractivity contribution in [2.75, 3.05) is 34.4 Å². The number of carboxylic acids is 1. The van der Waals surface area contributed by atoms with E-state index >= 15 is 0 Å². The van der Waals surface area contributed by atoms with E-state index in [2.05, 4.69) is 4.74 Å². The first kappa shape index (κ1) is 13.7. The molecule has 1 atom stereocenters. The van der Waals surface area contributed by atoms with Crippen LogP contribution in [0.15, 0.2) is 0 Å². The van der Waals surface area contributed by atoms with Crippen molar-refractivity contribution in [2.45, 2.75) is 12.2 Å². The molecular formula is C10H17NO6. The number of rotatable bonds is 3. The van der Waals surface area contributed by atoms with Gasteiger partial charge in [0.05, 0.1) is 13.7 Å². The SMILES string of the molecule is COC(=O)N1CC[C@H](C(=O)O)C(OC)(OC)C1. The van der Waals surface area contributed by atoms with Crippen molar-refractivity contribution in [1.29, 1.82) is 0 Å². The number of carbonyl (C=O) groups excluding carboxylic acids is 1. The van der Waals surface area contributed by atoms with Gasteiger partial charge in [0.2, 0.25) is 0 Å². The summed E-state index contributed by atoms with van der Waals surface area (Å²) in [4.78, 5) is 23.9. The second-order valence-electron chi connectivity index (χ2n) is 3.79. The van der Waals surface area contributed by atoms with Gasteiger partial charge in [-0.25, -0.2) is 4.79 Å². The van der Waals surface area contributed by atoms with Gasteiger partial charge in [-0.15, -0.1) is 0 Å². The topological polar surface area (TPSA) is 85.3 Å². The van der Waals surface area contributed by atoms with Crippen LogP contribution in [0.2, 0.25) is 0 Å². The lowest BCUT2D eigenvalue weighted by molar-refractivity contribution is -0.259. The van der Waals surface area contributed by atoms with E-state index in [1.807, 2.05) is 0 Å². The summed E-state index contributed by atoms with van der Waals surface area (Å²) in [5, 5.41) is 9.12. The molecule has 1 aliphatic rings. The lowest BCUT2D eigenvalue weighted by atomic mass is 9.90. The van der Waals surface area contributed by atoms with Gasteiger partial charge in [0, 0.05) is 20.8 Å². The number of methoxy groups -OCH3 is 3. The van der Waals surface area contributed by atoms with E-state index in [9.17, 15) is 9.59 Å². The average molecular weight is 247 g/mol. The van der Waals surface area contributed by atoms with Crippen molar-refractivity contribution in [2.24, 2.45) is 5.92 Å². The Labute approximate surface area is 99.2 Å². The first-order valence-electron chi connectivity index (χ1n) is 5.16. The molecule has 1 fully saturated rings. The highest BCUT2D eigenvalue weighted by Gasteiger charge is 2.49. The fourth-order valence-electron chi connectivity index (χ4n) is 2.05. The summed E-state index contributed by atoms with van der Waals surface area (Å²) in [6.07, 6.45) is -0.265. The number of carbonyl (C=O) groups is 2. The van der Waals surface area contributed by atoms with Gasteiger partial charge in [-0.3, -0.25) is 4.79 Å². The van der Waals surface area contributed by atoms with Crippen LogP contribution in [0.5, 0.6) is 0 Å². The first-order chi connectivity index (χ1) is 8.00. The maximum absolute atomic E-state index is 11.4. The predicted molar refractivity (Wildman–Crippen MR) is 56.5 cm³/mol. The smallest absolute Gasteiger partial charge is 0.409 e. The largest absolute Gasteiger partial charge is 0.481 e. The predicted octanol–water partition coefficient (Wildman–Crippen LogP) is 0.148. The van der Waals surface area contributed by atoms with Crippen LogP contribution < -0.4 is 0 Å². The molecule has 1 heterocycles. The van der Waals surface area contributed by atoms with Gasteiger partial charge in [-0.1, -0.05) is 0 Å². The molecule has 0 bridgehead atoms. The van der Waals surface area contributed by atoms with Crippen molar-refractivity contribution in [3.63, 3.8) is 0 Å². The number of ether oxygens (including phenoxy) is 3. The molecular weight excluding hydrogens is 230 g/mol. The zero-order valence-corrected chi connectivity index (χ0v) is 10.1. The Morgan fingerprint density at radius 2 is 1.88 bits per heavy atom. The second kappa shape index (κ2) is 5.33. The molecule has 1 saturated heterocycles. The van der Waals surface area contributed by atoms with Crippen LogP contribution in [0, 0.1) is 5.92 Å². The van der Waals surface area contributed by atoms with Gasteiger partial charge >= 0.3 is 12.1 Å². The molecule has 1 N–H and O–H groups in total. The van der Waals surface area contributed by atoms with Crippen LogP contribution in [-0.4, -0.2) is 62.3 Å². The van der Waals surface area contributed by atoms with E-state index in [-0.39, 0.29) is 13.0 Å². The number of nitrogens with zero attached hydrogens (tertiary/aromatic N) is 1. The van der Waals surface area contributed by atoms with Crippen LogP contribution in [-0.2, 0) is 19.0 Å². The van der Waals surface area contributed by atoms with Crippen molar-refractivity contribution < 1.29 is 28.9 Å². The van der Waals surface area contributed by atoms with E-state index in [0.717, 1.165) is 0 Å². The van der Waals surface area contributed by atoms with Gasteiger partial charge < -0.3 is 24.2 Å². The molecule has 1 aliphatic heterocycles. The summed E-state index contributed by atoms with van der Waals surface area (Å²) in [6.45, 7) is 0.335. The van der Waals surface area contributed by atoms with Crippen LogP contribution in [0.3, 0.4) is 0 Å². The normalized spacial score (nSPS) is 23.2. The molecule has 0 aromatic rings. The minimum Gasteiger partial charge on any atom is -0.481 e. The zero-order chi connectivity index (χ0) is 13.1. The molecule has 0 aliphatic carbocycles. The highest BCUT2D eigenvalue weighted by molar-refractivity contribution is 5.73. The molecule has 17 heavy (non-hydrogen) atoms. The van der Waals surface area contributed by atoms with E-state index in [0.29, 0.717) is 6.54 Å². The summed E-state index contributed by atoms with van der Waals surface area (Å²) >= 11 is 0. The maximum atomic E-state index is 11.4. The number of hydrogen-bond donors (Lipinski definition) is 1. The molecule has 7 heteroatoms. The highest BCUT2D eigenvalue weighted by atomic mass is 16.7. The molecule has 0 aromatic carbocycles. The van der Waals surface area contributed by atoms with Crippen molar-refractivity contribution in [3.05, 3.63) is 0 Å². The second-order valence-corrected chi connectivity index (χ2v) is 3.79. The lowest BCUT2D eigenvalue weighted by Gasteiger charge is -2.43. The summed E-state index contributed by atoms with van der Waals surface area (Å²) in [6, 6.07) is 0. The van der Waals surface area contributed by atoms with Crippen LogP contribution in [0.1, 0.15) is 6.42 Å². The minimum absolute atomic E-state index is 0.0314. The summed E-state index contributed by atoms with van der Waals surface area (Å²) < 4.78 is 14.9. The molecule has 0 radical (unpaired) electrons. The maximum Gasteiger partial charge on any atom is 0.409 e. The van der Waals surface area contributed by atoms with Gasteiger partial charge in [-0.05, 0) is 6.42 Å². The zero-order valence-electron chi connectivity index (χ0n) is 10.1. The number of aliphatic carboxylic acids is 1. The Kier molecular flexibility index (Phi) is 4.30. The highest BCUT2D eigenvalue weighted by Crippen LogP contribution is 2.32. The van der Waals surface area contributed by atoms with Crippen LogP contribution in [0.25, 0.3) is 0 Å². The Morgan fingerprint density at radius 3 is 2.29 bits per heavy atom. The van der Waals surface area contributed by atoms with E-state index in [1.54, 1.807) is 0 Å². The number of carboxylic acid groups (broad SMARTS) is 1. The molecule has 1 rings (SSSR count). The van der Waals surface area contributed by atoms with Crippen molar-refractivity contribution in [3.8, 4) is 0 Å². The summed E-state index contributed by atoms with van der Waals surface area (Å²) in [5.41, 5.74) is 0. The van der Waals surface area contributed by atoms with Gasteiger partial charge in [0.1, 0.15) is 5.92 Å². The van der Waals surface area contributed by atoms with E-state index in [4.69, 9.17) is 14.6 Å². The molecule has 0 aromatic heterocycles. The fourth-order valence-corrected chi connectivity index (χ4v) is 2.05. The quantitative estimate of drug-likeness (QED) is 0.714. The average Bonchev–Trinajstić information content (AvgIpc) is 2.36. The Balaban J connectivity index is 2.91. The minimum atomic E-state index is -1.32. The van der Waals surface area contributed by atoms with Crippen LogP contribution >= 0.6 is 0 Å². The third kappa shape index (κ3) is 2.50. The number of likely N-dealkylation sites (tertiary alicyclic amines) is 1. The summed E-state index contributed by atoms with van der Waals surface area (Å²) in [5.74, 6) is -3.13. The summed E-state index contributed by atoms with van der Waals surface area (Å²) in [7, 11) is 3.99. The lowest BCUT2D eigenvalue weighted by Crippen LogP contribution is -2.59. The molecule has 7 nitrogen and oxygen atoms in total. The van der Waals surface area contributed by atoms with Crippen molar-refractivity contribution >= 4 is 12.1 Å². The molecule has 0 saturated carbocycles. The fraction of sp³-hybridized carbons (Fsp3) is 0.800. The van der Waals surface area contributed by atoms with E-state index in [1.165, 1.54) is 26.2 Å². The van der Waals surface area contributed by atoms with E-state index < -0.39 is 23.8 Å².